The number of thiophene rings is 1. The SMILES string of the molecule is O=C(CSc1cccs1)N1CC(CO)C1. The third-order valence-electron chi connectivity index (χ3n) is 2.40. The van der Waals surface area contributed by atoms with Crippen molar-refractivity contribution in [3.8, 4) is 0 Å². The predicted molar refractivity (Wildman–Crippen MR) is 62.2 cm³/mol. The number of hydrogen-bond donors (Lipinski definition) is 1. The summed E-state index contributed by atoms with van der Waals surface area (Å²) in [5.74, 6) is 0.998. The fourth-order valence-corrected chi connectivity index (χ4v) is 3.15. The lowest BCUT2D eigenvalue weighted by molar-refractivity contribution is -0.135. The molecule has 1 aromatic rings. The lowest BCUT2D eigenvalue weighted by Gasteiger charge is -2.38. The van der Waals surface area contributed by atoms with Gasteiger partial charge in [-0.3, -0.25) is 4.79 Å². The Morgan fingerprint density at radius 2 is 2.47 bits per heavy atom. The molecule has 1 aliphatic heterocycles. The average Bonchev–Trinajstić information content (AvgIpc) is 2.65. The van der Waals surface area contributed by atoms with Crippen molar-refractivity contribution < 1.29 is 9.90 Å². The van der Waals surface area contributed by atoms with E-state index in [2.05, 4.69) is 0 Å². The van der Waals surface area contributed by atoms with Gasteiger partial charge >= 0.3 is 0 Å². The summed E-state index contributed by atoms with van der Waals surface area (Å²) in [4.78, 5) is 13.4. The number of likely N-dealkylation sites (tertiary alicyclic amines) is 1. The van der Waals surface area contributed by atoms with Crippen LogP contribution in [0.15, 0.2) is 21.7 Å². The molecule has 1 aromatic heterocycles. The third kappa shape index (κ3) is 2.74. The number of thioether (sulfide) groups is 1. The molecule has 3 nitrogen and oxygen atoms in total. The number of nitrogens with zero attached hydrogens (tertiary/aromatic N) is 1. The lowest BCUT2D eigenvalue weighted by Crippen LogP contribution is -2.51. The fraction of sp³-hybridized carbons (Fsp3) is 0.500. The maximum absolute atomic E-state index is 11.6. The molecule has 0 atom stereocenters. The molecule has 0 spiro atoms. The van der Waals surface area contributed by atoms with E-state index in [1.165, 1.54) is 4.21 Å². The second-order valence-electron chi connectivity index (χ2n) is 3.57. The van der Waals surface area contributed by atoms with Crippen molar-refractivity contribution in [2.24, 2.45) is 5.92 Å². The number of amides is 1. The molecule has 82 valence electrons. The molecular weight excluding hydrogens is 230 g/mol. The summed E-state index contributed by atoms with van der Waals surface area (Å²) in [6.07, 6.45) is 0. The molecular formula is C10H13NO2S2. The zero-order valence-electron chi connectivity index (χ0n) is 8.26. The number of rotatable bonds is 4. The minimum absolute atomic E-state index is 0.179. The van der Waals surface area contributed by atoms with Crippen LogP contribution in [0, 0.1) is 5.92 Å². The van der Waals surface area contributed by atoms with Crippen molar-refractivity contribution in [2.45, 2.75) is 4.21 Å². The molecule has 2 heterocycles. The van der Waals surface area contributed by atoms with Gasteiger partial charge in [-0.05, 0) is 11.4 Å². The van der Waals surface area contributed by atoms with E-state index in [0.29, 0.717) is 11.7 Å². The first kappa shape index (κ1) is 11.0. The minimum Gasteiger partial charge on any atom is -0.396 e. The average molecular weight is 243 g/mol. The van der Waals surface area contributed by atoms with Gasteiger partial charge in [-0.25, -0.2) is 0 Å². The highest BCUT2D eigenvalue weighted by Gasteiger charge is 2.29. The molecule has 1 amide bonds. The normalized spacial score (nSPS) is 16.5. The third-order valence-corrected chi connectivity index (χ3v) is 4.52. The first-order chi connectivity index (χ1) is 7.29. The summed E-state index contributed by atoms with van der Waals surface area (Å²) in [5, 5.41) is 10.8. The topological polar surface area (TPSA) is 40.5 Å². The van der Waals surface area contributed by atoms with Gasteiger partial charge in [0.1, 0.15) is 0 Å². The van der Waals surface area contributed by atoms with Crippen molar-refractivity contribution in [1.82, 2.24) is 4.90 Å². The quantitative estimate of drug-likeness (QED) is 0.810. The van der Waals surface area contributed by atoms with Crippen molar-refractivity contribution in [1.29, 1.82) is 0 Å². The van der Waals surface area contributed by atoms with E-state index < -0.39 is 0 Å². The van der Waals surface area contributed by atoms with E-state index >= 15 is 0 Å². The Kier molecular flexibility index (Phi) is 3.66. The van der Waals surface area contributed by atoms with Gasteiger partial charge in [-0.1, -0.05) is 6.07 Å². The van der Waals surface area contributed by atoms with Crippen LogP contribution in [0.5, 0.6) is 0 Å². The highest BCUT2D eigenvalue weighted by Crippen LogP contribution is 2.24. The predicted octanol–water partition coefficient (Wildman–Crippen LogP) is 1.29. The van der Waals surface area contributed by atoms with Crippen LogP contribution < -0.4 is 0 Å². The number of hydrogen-bond acceptors (Lipinski definition) is 4. The summed E-state index contributed by atoms with van der Waals surface area (Å²) in [6, 6.07) is 4.01. The van der Waals surface area contributed by atoms with Gasteiger partial charge in [0.2, 0.25) is 5.91 Å². The van der Waals surface area contributed by atoms with Crippen molar-refractivity contribution in [3.05, 3.63) is 17.5 Å². The molecule has 0 aliphatic carbocycles. The van der Waals surface area contributed by atoms with Crippen molar-refractivity contribution in [2.75, 3.05) is 25.4 Å². The highest BCUT2D eigenvalue weighted by molar-refractivity contribution is 8.01. The van der Waals surface area contributed by atoms with Gasteiger partial charge < -0.3 is 10.0 Å². The van der Waals surface area contributed by atoms with Crippen LogP contribution in [0.25, 0.3) is 0 Å². The molecule has 0 radical (unpaired) electrons. The highest BCUT2D eigenvalue weighted by atomic mass is 32.2. The monoisotopic (exact) mass is 243 g/mol. The van der Waals surface area contributed by atoms with E-state index in [4.69, 9.17) is 5.11 Å². The van der Waals surface area contributed by atoms with Crippen LogP contribution in [0.4, 0.5) is 0 Å². The van der Waals surface area contributed by atoms with E-state index in [1.54, 1.807) is 23.1 Å². The number of carbonyl (C=O) groups is 1. The van der Waals surface area contributed by atoms with Gasteiger partial charge in [0, 0.05) is 25.6 Å². The zero-order chi connectivity index (χ0) is 10.7. The summed E-state index contributed by atoms with van der Waals surface area (Å²) in [5.41, 5.74) is 0. The molecule has 2 rings (SSSR count). The first-order valence-corrected chi connectivity index (χ1v) is 6.71. The van der Waals surface area contributed by atoms with Gasteiger partial charge in [0.15, 0.2) is 0 Å². The van der Waals surface area contributed by atoms with Crippen LogP contribution in [0.1, 0.15) is 0 Å². The maximum Gasteiger partial charge on any atom is 0.232 e. The Labute approximate surface area is 97.1 Å². The summed E-state index contributed by atoms with van der Waals surface area (Å²) >= 11 is 3.25. The second-order valence-corrected chi connectivity index (χ2v) is 5.79. The van der Waals surface area contributed by atoms with E-state index in [1.807, 2.05) is 22.4 Å². The smallest absolute Gasteiger partial charge is 0.232 e. The Balaban J connectivity index is 1.70. The zero-order valence-corrected chi connectivity index (χ0v) is 9.89. The van der Waals surface area contributed by atoms with Crippen molar-refractivity contribution >= 4 is 29.0 Å². The molecule has 1 saturated heterocycles. The first-order valence-electron chi connectivity index (χ1n) is 4.84. The number of carbonyl (C=O) groups excluding carboxylic acids is 1. The molecule has 0 aromatic carbocycles. The molecule has 15 heavy (non-hydrogen) atoms. The van der Waals surface area contributed by atoms with Crippen LogP contribution in [-0.4, -0.2) is 41.4 Å². The summed E-state index contributed by atoms with van der Waals surface area (Å²) < 4.78 is 1.18. The molecule has 1 fully saturated rings. The Hall–Kier alpha value is -0.520. The minimum atomic E-state index is 0.179. The van der Waals surface area contributed by atoms with Crippen LogP contribution >= 0.6 is 23.1 Å². The summed E-state index contributed by atoms with van der Waals surface area (Å²) in [6.45, 7) is 1.64. The number of aliphatic hydroxyl groups excluding tert-OH is 1. The maximum atomic E-state index is 11.6. The standard InChI is InChI=1S/C10H13NO2S2/c12-6-8-4-11(5-8)9(13)7-15-10-2-1-3-14-10/h1-3,8,12H,4-7H2. The summed E-state index contributed by atoms with van der Waals surface area (Å²) in [7, 11) is 0. The largest absolute Gasteiger partial charge is 0.396 e. The fourth-order valence-electron chi connectivity index (χ4n) is 1.46. The van der Waals surface area contributed by atoms with Gasteiger partial charge in [0.05, 0.1) is 9.96 Å². The van der Waals surface area contributed by atoms with E-state index in [9.17, 15) is 4.79 Å². The Morgan fingerprint density at radius 1 is 1.67 bits per heavy atom. The molecule has 0 bridgehead atoms. The lowest BCUT2D eigenvalue weighted by atomic mass is 10.0. The Morgan fingerprint density at radius 3 is 3.07 bits per heavy atom. The molecule has 0 saturated carbocycles. The van der Waals surface area contributed by atoms with Crippen LogP contribution in [-0.2, 0) is 4.79 Å². The Bertz CT molecular complexity index is 320. The van der Waals surface area contributed by atoms with Crippen LogP contribution in [0.2, 0.25) is 0 Å². The molecule has 1 aliphatic rings. The van der Waals surface area contributed by atoms with E-state index in [-0.39, 0.29) is 12.5 Å². The molecule has 5 heteroatoms. The van der Waals surface area contributed by atoms with Crippen LogP contribution in [0.3, 0.4) is 0 Å². The van der Waals surface area contributed by atoms with Crippen molar-refractivity contribution in [3.63, 3.8) is 0 Å². The molecule has 1 N–H and O–H groups in total. The van der Waals surface area contributed by atoms with Gasteiger partial charge in [-0.15, -0.1) is 23.1 Å². The van der Waals surface area contributed by atoms with Gasteiger partial charge in [-0.2, -0.15) is 0 Å². The molecule has 0 unspecified atom stereocenters. The van der Waals surface area contributed by atoms with E-state index in [0.717, 1.165) is 13.1 Å². The number of aliphatic hydroxyl groups is 1. The second kappa shape index (κ2) is 5.01. The van der Waals surface area contributed by atoms with Gasteiger partial charge in [0.25, 0.3) is 0 Å².